The van der Waals surface area contributed by atoms with Crippen molar-refractivity contribution in [3.63, 3.8) is 0 Å². The lowest BCUT2D eigenvalue weighted by Gasteiger charge is -2.19. The summed E-state index contributed by atoms with van der Waals surface area (Å²) in [5, 5.41) is 2.78. The van der Waals surface area contributed by atoms with Crippen molar-refractivity contribution in [2.75, 3.05) is 25.5 Å². The highest BCUT2D eigenvalue weighted by molar-refractivity contribution is 9.10. The lowest BCUT2D eigenvalue weighted by Crippen LogP contribution is -2.37. The molecule has 0 aliphatic carbocycles. The zero-order valence-corrected chi connectivity index (χ0v) is 17.7. The molecular weight excluding hydrogens is 408 g/mol. The second-order valence-electron chi connectivity index (χ2n) is 6.76. The molecule has 6 heteroatoms. The largest absolute Gasteiger partial charge is 0.483 e. The summed E-state index contributed by atoms with van der Waals surface area (Å²) in [4.78, 5) is 25.9. The van der Waals surface area contributed by atoms with Gasteiger partial charge in [-0.2, -0.15) is 0 Å². The molecule has 2 aromatic carbocycles. The number of ether oxygens (including phenoxy) is 1. The molecule has 0 atom stereocenters. The third-order valence-corrected chi connectivity index (χ3v) is 4.79. The van der Waals surface area contributed by atoms with Crippen LogP contribution in [0, 0.1) is 6.92 Å². The Morgan fingerprint density at radius 2 is 1.89 bits per heavy atom. The number of nitrogens with one attached hydrogen (secondary N) is 1. The highest BCUT2D eigenvalue weighted by atomic mass is 79.9. The molecule has 2 aromatic rings. The minimum Gasteiger partial charge on any atom is -0.483 e. The third-order valence-electron chi connectivity index (χ3n) is 4.10. The molecule has 0 aromatic heterocycles. The van der Waals surface area contributed by atoms with Gasteiger partial charge in [-0.3, -0.25) is 9.59 Å². The van der Waals surface area contributed by atoms with E-state index >= 15 is 0 Å². The molecule has 0 aliphatic heterocycles. The molecule has 0 saturated carbocycles. The first kappa shape index (κ1) is 21.0. The van der Waals surface area contributed by atoms with E-state index in [4.69, 9.17) is 4.74 Å². The minimum atomic E-state index is -0.267. The highest BCUT2D eigenvalue weighted by Gasteiger charge is 2.16. The summed E-state index contributed by atoms with van der Waals surface area (Å²) in [6.07, 6.45) is 0. The third kappa shape index (κ3) is 6.10. The number of carbonyl (C=O) groups is 2. The zero-order chi connectivity index (χ0) is 20.0. The van der Waals surface area contributed by atoms with Gasteiger partial charge in [0.25, 0.3) is 5.91 Å². The van der Waals surface area contributed by atoms with Gasteiger partial charge in [-0.05, 0) is 58.1 Å². The van der Waals surface area contributed by atoms with Crippen LogP contribution in [-0.2, 0) is 9.59 Å². The molecule has 144 valence electrons. The van der Waals surface area contributed by atoms with Crippen molar-refractivity contribution in [1.82, 2.24) is 4.90 Å². The van der Waals surface area contributed by atoms with Crippen molar-refractivity contribution in [3.05, 3.63) is 58.1 Å². The molecular formula is C21H25BrN2O3. The van der Waals surface area contributed by atoms with Crippen molar-refractivity contribution in [2.45, 2.75) is 26.7 Å². The molecule has 0 unspecified atom stereocenters. The van der Waals surface area contributed by atoms with E-state index < -0.39 is 0 Å². The number of rotatable bonds is 7. The molecule has 0 bridgehead atoms. The van der Waals surface area contributed by atoms with Crippen molar-refractivity contribution in [3.8, 4) is 5.75 Å². The van der Waals surface area contributed by atoms with E-state index in [1.54, 1.807) is 13.1 Å². The fraction of sp³-hybridized carbons (Fsp3) is 0.333. The summed E-state index contributed by atoms with van der Waals surface area (Å²) < 4.78 is 6.54. The van der Waals surface area contributed by atoms with Crippen LogP contribution >= 0.6 is 15.9 Å². The first-order valence-corrected chi connectivity index (χ1v) is 9.59. The monoisotopic (exact) mass is 432 g/mol. The number of aryl methyl sites for hydroxylation is 1. The Bertz CT molecular complexity index is 821. The lowest BCUT2D eigenvalue weighted by atomic mass is 10.0. The van der Waals surface area contributed by atoms with E-state index in [9.17, 15) is 9.59 Å². The Morgan fingerprint density at radius 3 is 2.56 bits per heavy atom. The van der Waals surface area contributed by atoms with Crippen LogP contribution < -0.4 is 10.1 Å². The molecule has 0 radical (unpaired) electrons. The summed E-state index contributed by atoms with van der Waals surface area (Å²) in [5.74, 6) is 0.484. The summed E-state index contributed by atoms with van der Waals surface area (Å²) in [6.45, 7) is 5.99. The predicted molar refractivity (Wildman–Crippen MR) is 111 cm³/mol. The molecule has 0 aliphatic rings. The smallest absolute Gasteiger partial charge is 0.260 e. The van der Waals surface area contributed by atoms with Gasteiger partial charge in [-0.25, -0.2) is 0 Å². The Hall–Kier alpha value is -2.34. The zero-order valence-electron chi connectivity index (χ0n) is 16.1. The maximum absolute atomic E-state index is 12.3. The van der Waals surface area contributed by atoms with Crippen molar-refractivity contribution >= 4 is 33.4 Å². The first-order valence-electron chi connectivity index (χ1n) is 8.79. The molecule has 5 nitrogen and oxygen atoms in total. The van der Waals surface area contributed by atoms with E-state index in [1.165, 1.54) is 4.90 Å². The molecule has 0 saturated heterocycles. The lowest BCUT2D eigenvalue weighted by molar-refractivity contribution is -0.135. The van der Waals surface area contributed by atoms with Gasteiger partial charge in [0, 0.05) is 11.5 Å². The van der Waals surface area contributed by atoms with E-state index in [0.29, 0.717) is 17.4 Å². The van der Waals surface area contributed by atoms with Crippen LogP contribution in [0.5, 0.6) is 5.75 Å². The van der Waals surface area contributed by atoms with Crippen molar-refractivity contribution < 1.29 is 14.3 Å². The summed E-state index contributed by atoms with van der Waals surface area (Å²) in [6, 6.07) is 13.3. The van der Waals surface area contributed by atoms with E-state index in [2.05, 4.69) is 35.1 Å². The highest BCUT2D eigenvalue weighted by Crippen LogP contribution is 2.27. The van der Waals surface area contributed by atoms with Gasteiger partial charge in [-0.15, -0.1) is 0 Å². The first-order chi connectivity index (χ1) is 12.8. The Morgan fingerprint density at radius 1 is 1.19 bits per heavy atom. The maximum Gasteiger partial charge on any atom is 0.260 e. The SMILES string of the molecule is Cc1ccc(C(C)C)c(OCC(=O)N(C)CC(=O)Nc2ccccc2Br)c1. The summed E-state index contributed by atoms with van der Waals surface area (Å²) >= 11 is 3.38. The standard InChI is InChI=1S/C21H25BrN2O3/c1-14(2)16-10-9-15(3)11-19(16)27-13-21(26)24(4)12-20(25)23-18-8-6-5-7-17(18)22/h5-11,14H,12-13H2,1-4H3,(H,23,25). The van der Waals surface area contributed by atoms with Gasteiger partial charge in [0.05, 0.1) is 12.2 Å². The van der Waals surface area contributed by atoms with Gasteiger partial charge < -0.3 is 15.0 Å². The second-order valence-corrected chi connectivity index (χ2v) is 7.62. The number of hydrogen-bond donors (Lipinski definition) is 1. The van der Waals surface area contributed by atoms with E-state index in [1.807, 2.05) is 43.3 Å². The quantitative estimate of drug-likeness (QED) is 0.706. The van der Waals surface area contributed by atoms with Gasteiger partial charge in [0.15, 0.2) is 6.61 Å². The second kappa shape index (κ2) is 9.55. The number of carbonyl (C=O) groups excluding carboxylic acids is 2. The predicted octanol–water partition coefficient (Wildman–Crippen LogP) is 4.36. The van der Waals surface area contributed by atoms with Gasteiger partial charge >= 0.3 is 0 Å². The van der Waals surface area contributed by atoms with Crippen LogP contribution in [0.2, 0.25) is 0 Å². The fourth-order valence-corrected chi connectivity index (χ4v) is 2.93. The summed E-state index contributed by atoms with van der Waals surface area (Å²) in [5.41, 5.74) is 2.80. The Balaban J connectivity index is 1.91. The average molecular weight is 433 g/mol. The number of amides is 2. The van der Waals surface area contributed by atoms with Gasteiger partial charge in [-0.1, -0.05) is 38.1 Å². The van der Waals surface area contributed by atoms with Gasteiger partial charge in [0.1, 0.15) is 5.75 Å². The molecule has 0 heterocycles. The molecule has 2 rings (SSSR count). The molecule has 0 fully saturated rings. The number of hydrogen-bond acceptors (Lipinski definition) is 3. The van der Waals surface area contributed by atoms with Crippen LogP contribution in [0.25, 0.3) is 0 Å². The van der Waals surface area contributed by atoms with Crippen LogP contribution in [0.15, 0.2) is 46.9 Å². The number of para-hydroxylation sites is 1. The fourth-order valence-electron chi connectivity index (χ4n) is 2.55. The van der Waals surface area contributed by atoms with Crippen LogP contribution in [0.3, 0.4) is 0 Å². The van der Waals surface area contributed by atoms with Crippen LogP contribution in [0.4, 0.5) is 5.69 Å². The topological polar surface area (TPSA) is 58.6 Å². The van der Waals surface area contributed by atoms with E-state index in [-0.39, 0.29) is 25.0 Å². The van der Waals surface area contributed by atoms with E-state index in [0.717, 1.165) is 15.6 Å². The van der Waals surface area contributed by atoms with Crippen LogP contribution in [0.1, 0.15) is 30.9 Å². The Labute approximate surface area is 168 Å². The maximum atomic E-state index is 12.3. The van der Waals surface area contributed by atoms with Crippen molar-refractivity contribution in [1.29, 1.82) is 0 Å². The number of anilines is 1. The number of benzene rings is 2. The molecule has 2 amide bonds. The molecule has 1 N–H and O–H groups in total. The molecule has 0 spiro atoms. The summed E-state index contributed by atoms with van der Waals surface area (Å²) in [7, 11) is 1.59. The Kier molecular flexibility index (Phi) is 7.42. The number of halogens is 1. The van der Waals surface area contributed by atoms with Gasteiger partial charge in [0.2, 0.25) is 5.91 Å². The average Bonchev–Trinajstić information content (AvgIpc) is 2.61. The van der Waals surface area contributed by atoms with Crippen molar-refractivity contribution in [2.24, 2.45) is 0 Å². The molecule has 27 heavy (non-hydrogen) atoms. The normalized spacial score (nSPS) is 10.6. The minimum absolute atomic E-state index is 0.0472. The van der Waals surface area contributed by atoms with Crippen LogP contribution in [-0.4, -0.2) is 36.9 Å². The number of likely N-dealkylation sites (N-methyl/N-ethyl adjacent to an activating group) is 1. The number of nitrogens with zero attached hydrogens (tertiary/aromatic N) is 1.